The van der Waals surface area contributed by atoms with Gasteiger partial charge in [-0.1, -0.05) is 12.8 Å². The van der Waals surface area contributed by atoms with E-state index in [1.807, 2.05) is 4.90 Å². The number of rotatable bonds is 2. The molecule has 1 N–H and O–H groups in total. The second kappa shape index (κ2) is 7.11. The zero-order valence-corrected chi connectivity index (χ0v) is 13.1. The fraction of sp³-hybridized carbons (Fsp3) is 0.867. The number of hydrogen-bond acceptors (Lipinski definition) is 3. The highest BCUT2D eigenvalue weighted by molar-refractivity contribution is 5.74. The summed E-state index contributed by atoms with van der Waals surface area (Å²) in [7, 11) is 3.54. The minimum absolute atomic E-state index is 0.0547. The molecule has 2 heterocycles. The maximum absolute atomic E-state index is 12.0. The Hall–Kier alpha value is -1.30. The van der Waals surface area contributed by atoms with E-state index in [0.29, 0.717) is 6.04 Å². The monoisotopic (exact) mass is 297 g/mol. The van der Waals surface area contributed by atoms with Crippen LogP contribution in [0.25, 0.3) is 0 Å². The van der Waals surface area contributed by atoms with Gasteiger partial charge in [0.05, 0.1) is 0 Å². The molecule has 2 aliphatic rings. The van der Waals surface area contributed by atoms with Gasteiger partial charge in [0.1, 0.15) is 6.04 Å². The third-order valence-corrected chi connectivity index (χ3v) is 4.67. The summed E-state index contributed by atoms with van der Waals surface area (Å²) in [5, 5.41) is 9.46. The predicted octanol–water partition coefficient (Wildman–Crippen LogP) is 1.46. The van der Waals surface area contributed by atoms with Crippen LogP contribution < -0.4 is 0 Å². The Bertz CT molecular complexity index is 378. The highest BCUT2D eigenvalue weighted by Gasteiger charge is 2.34. The molecular formula is C15H27N3O3. The van der Waals surface area contributed by atoms with Crippen molar-refractivity contribution in [2.24, 2.45) is 0 Å². The lowest BCUT2D eigenvalue weighted by atomic mass is 10.00. The van der Waals surface area contributed by atoms with E-state index in [2.05, 4.69) is 4.90 Å². The van der Waals surface area contributed by atoms with Crippen molar-refractivity contribution in [1.29, 1.82) is 0 Å². The molecule has 2 saturated heterocycles. The van der Waals surface area contributed by atoms with Gasteiger partial charge in [-0.2, -0.15) is 0 Å². The van der Waals surface area contributed by atoms with Crippen LogP contribution in [0.2, 0.25) is 0 Å². The molecule has 0 saturated carbocycles. The number of likely N-dealkylation sites (tertiary alicyclic amines) is 2. The predicted molar refractivity (Wildman–Crippen MR) is 80.3 cm³/mol. The first-order valence-electron chi connectivity index (χ1n) is 7.95. The Balaban J connectivity index is 1.96. The van der Waals surface area contributed by atoms with Crippen molar-refractivity contribution in [3.05, 3.63) is 0 Å². The van der Waals surface area contributed by atoms with Gasteiger partial charge in [-0.3, -0.25) is 9.69 Å². The van der Waals surface area contributed by atoms with Crippen molar-refractivity contribution in [3.63, 3.8) is 0 Å². The average Bonchev–Trinajstić information content (AvgIpc) is 2.72. The maximum Gasteiger partial charge on any atom is 0.320 e. The summed E-state index contributed by atoms with van der Waals surface area (Å²) in [4.78, 5) is 29.1. The van der Waals surface area contributed by atoms with Gasteiger partial charge in [0.15, 0.2) is 0 Å². The van der Waals surface area contributed by atoms with E-state index in [4.69, 9.17) is 0 Å². The van der Waals surface area contributed by atoms with Crippen LogP contribution in [0.3, 0.4) is 0 Å². The first-order valence-corrected chi connectivity index (χ1v) is 7.95. The van der Waals surface area contributed by atoms with Gasteiger partial charge in [0.2, 0.25) is 0 Å². The number of carboxylic acid groups (broad SMARTS) is 1. The van der Waals surface area contributed by atoms with Crippen LogP contribution in [0.1, 0.15) is 38.5 Å². The van der Waals surface area contributed by atoms with E-state index < -0.39 is 5.97 Å². The Kier molecular flexibility index (Phi) is 5.45. The Morgan fingerprint density at radius 2 is 1.67 bits per heavy atom. The summed E-state index contributed by atoms with van der Waals surface area (Å²) in [5.41, 5.74) is 0. The number of aliphatic carboxylic acids is 1. The zero-order valence-electron chi connectivity index (χ0n) is 13.1. The molecule has 6 nitrogen and oxygen atoms in total. The number of urea groups is 1. The SMILES string of the molecule is CN(C)C(=O)N1CCC(N2CCCCCC2C(=O)O)CC1. The lowest BCUT2D eigenvalue weighted by Gasteiger charge is -2.41. The average molecular weight is 297 g/mol. The molecule has 0 aromatic heterocycles. The van der Waals surface area contributed by atoms with Gasteiger partial charge < -0.3 is 14.9 Å². The zero-order chi connectivity index (χ0) is 15.4. The van der Waals surface area contributed by atoms with E-state index in [0.717, 1.165) is 58.2 Å². The largest absolute Gasteiger partial charge is 0.480 e. The van der Waals surface area contributed by atoms with E-state index in [1.165, 1.54) is 0 Å². The molecule has 1 atom stereocenters. The summed E-state index contributed by atoms with van der Waals surface area (Å²) in [6.07, 6.45) is 5.73. The maximum atomic E-state index is 12.0. The van der Waals surface area contributed by atoms with E-state index >= 15 is 0 Å². The summed E-state index contributed by atoms with van der Waals surface area (Å²) >= 11 is 0. The van der Waals surface area contributed by atoms with Crippen molar-refractivity contribution in [2.75, 3.05) is 33.7 Å². The number of carboxylic acids is 1. The van der Waals surface area contributed by atoms with Crippen LogP contribution in [0.5, 0.6) is 0 Å². The number of nitrogens with zero attached hydrogens (tertiary/aromatic N) is 3. The van der Waals surface area contributed by atoms with Gasteiger partial charge in [-0.15, -0.1) is 0 Å². The lowest BCUT2D eigenvalue weighted by Crippen LogP contribution is -2.53. The van der Waals surface area contributed by atoms with Gasteiger partial charge in [0, 0.05) is 33.2 Å². The van der Waals surface area contributed by atoms with Crippen molar-refractivity contribution < 1.29 is 14.7 Å². The van der Waals surface area contributed by atoms with Crippen LogP contribution in [-0.4, -0.2) is 77.6 Å². The first kappa shape index (κ1) is 16.1. The third kappa shape index (κ3) is 3.87. The van der Waals surface area contributed by atoms with Crippen LogP contribution in [0.15, 0.2) is 0 Å². The second-order valence-electron chi connectivity index (χ2n) is 6.34. The highest BCUT2D eigenvalue weighted by atomic mass is 16.4. The molecule has 0 spiro atoms. The fourth-order valence-electron chi connectivity index (χ4n) is 3.50. The van der Waals surface area contributed by atoms with Crippen LogP contribution in [0.4, 0.5) is 4.79 Å². The molecule has 0 aliphatic carbocycles. The van der Waals surface area contributed by atoms with Gasteiger partial charge in [-0.05, 0) is 32.2 Å². The molecule has 2 aliphatic heterocycles. The molecule has 6 heteroatoms. The number of hydrogen-bond donors (Lipinski definition) is 1. The topological polar surface area (TPSA) is 64.1 Å². The number of carbonyl (C=O) groups excluding carboxylic acids is 1. The molecular weight excluding hydrogens is 270 g/mol. The number of piperidine rings is 1. The Morgan fingerprint density at radius 1 is 1.00 bits per heavy atom. The van der Waals surface area contributed by atoms with Gasteiger partial charge >= 0.3 is 12.0 Å². The molecule has 2 rings (SSSR count). The summed E-state index contributed by atoms with van der Waals surface area (Å²) in [5.74, 6) is -0.691. The van der Waals surface area contributed by atoms with Crippen molar-refractivity contribution in [1.82, 2.24) is 14.7 Å². The molecule has 2 fully saturated rings. The van der Waals surface area contributed by atoms with Crippen LogP contribution in [0, 0.1) is 0 Å². The minimum Gasteiger partial charge on any atom is -0.480 e. The highest BCUT2D eigenvalue weighted by Crippen LogP contribution is 2.25. The first-order chi connectivity index (χ1) is 10.0. The number of amides is 2. The normalized spacial score (nSPS) is 25.4. The Labute approximate surface area is 126 Å². The summed E-state index contributed by atoms with van der Waals surface area (Å²) in [6.45, 7) is 2.33. The fourth-order valence-corrected chi connectivity index (χ4v) is 3.50. The smallest absolute Gasteiger partial charge is 0.320 e. The number of carbonyl (C=O) groups is 2. The molecule has 2 amide bonds. The van der Waals surface area contributed by atoms with Crippen molar-refractivity contribution in [3.8, 4) is 0 Å². The Morgan fingerprint density at radius 3 is 2.24 bits per heavy atom. The quantitative estimate of drug-likeness (QED) is 0.838. The molecule has 0 radical (unpaired) electrons. The van der Waals surface area contributed by atoms with Crippen molar-refractivity contribution >= 4 is 12.0 Å². The third-order valence-electron chi connectivity index (χ3n) is 4.67. The molecule has 120 valence electrons. The van der Waals surface area contributed by atoms with E-state index in [1.54, 1.807) is 19.0 Å². The molecule has 1 unspecified atom stereocenters. The molecule has 21 heavy (non-hydrogen) atoms. The molecule has 0 aromatic rings. The standard InChI is InChI=1S/C15H27N3O3/c1-16(2)15(21)17-10-7-12(8-11-17)18-9-5-3-4-6-13(18)14(19)20/h12-13H,3-11H2,1-2H3,(H,19,20). The van der Waals surface area contributed by atoms with Crippen molar-refractivity contribution in [2.45, 2.75) is 50.6 Å². The van der Waals surface area contributed by atoms with Gasteiger partial charge in [0.25, 0.3) is 0 Å². The summed E-state index contributed by atoms with van der Waals surface area (Å²) in [6, 6.07) is 0.0168. The van der Waals surface area contributed by atoms with Crippen LogP contribution in [-0.2, 0) is 4.79 Å². The van der Waals surface area contributed by atoms with E-state index in [9.17, 15) is 14.7 Å². The van der Waals surface area contributed by atoms with Crippen LogP contribution >= 0.6 is 0 Å². The second-order valence-corrected chi connectivity index (χ2v) is 6.34. The molecule has 0 aromatic carbocycles. The lowest BCUT2D eigenvalue weighted by molar-refractivity contribution is -0.144. The van der Waals surface area contributed by atoms with E-state index in [-0.39, 0.29) is 12.1 Å². The van der Waals surface area contributed by atoms with Gasteiger partial charge in [-0.25, -0.2) is 4.79 Å². The minimum atomic E-state index is -0.691. The molecule has 0 bridgehead atoms. The summed E-state index contributed by atoms with van der Waals surface area (Å²) < 4.78 is 0.